The van der Waals surface area contributed by atoms with E-state index in [1.54, 1.807) is 6.07 Å². The van der Waals surface area contributed by atoms with Gasteiger partial charge >= 0.3 is 0 Å². The van der Waals surface area contributed by atoms with Crippen LogP contribution in [0.1, 0.15) is 32.4 Å². The molecule has 1 rings (SSSR count). The third-order valence-electron chi connectivity index (χ3n) is 2.28. The second kappa shape index (κ2) is 5.47. The van der Waals surface area contributed by atoms with Crippen LogP contribution in [0.5, 0.6) is 0 Å². The average molecular weight is 230 g/mol. The van der Waals surface area contributed by atoms with Crippen LogP contribution in [0.3, 0.4) is 0 Å². The van der Waals surface area contributed by atoms with Crippen molar-refractivity contribution in [1.29, 1.82) is 0 Å². The van der Waals surface area contributed by atoms with Gasteiger partial charge in [-0.1, -0.05) is 31.5 Å². The van der Waals surface area contributed by atoms with Gasteiger partial charge in [0.1, 0.15) is 5.82 Å². The van der Waals surface area contributed by atoms with Gasteiger partial charge in [0, 0.05) is 6.04 Å². The lowest BCUT2D eigenvalue weighted by atomic mass is 10.1. The molecular formula is C12H17ClFN. The highest BCUT2D eigenvalue weighted by Crippen LogP contribution is 2.20. The van der Waals surface area contributed by atoms with Crippen LogP contribution in [-0.4, -0.2) is 6.54 Å². The number of hydrogen-bond donors (Lipinski definition) is 1. The van der Waals surface area contributed by atoms with Gasteiger partial charge in [-0.25, -0.2) is 4.39 Å². The SMILES string of the molecule is CC(C)CNC(C)c1ccc(Cl)c(F)c1. The molecule has 0 bridgehead atoms. The fourth-order valence-electron chi connectivity index (χ4n) is 1.31. The van der Waals surface area contributed by atoms with Crippen LogP contribution in [0, 0.1) is 11.7 Å². The van der Waals surface area contributed by atoms with Crippen molar-refractivity contribution in [3.8, 4) is 0 Å². The maximum absolute atomic E-state index is 13.2. The Morgan fingerprint density at radius 3 is 2.53 bits per heavy atom. The highest BCUT2D eigenvalue weighted by atomic mass is 35.5. The molecule has 0 aliphatic carbocycles. The molecule has 0 aliphatic rings. The molecule has 1 atom stereocenters. The van der Waals surface area contributed by atoms with Gasteiger partial charge < -0.3 is 5.32 Å². The Bertz CT molecular complexity index is 325. The normalized spacial score (nSPS) is 13.2. The monoisotopic (exact) mass is 229 g/mol. The fraction of sp³-hybridized carbons (Fsp3) is 0.500. The molecule has 0 saturated heterocycles. The second-order valence-corrected chi connectivity index (χ2v) is 4.60. The molecule has 0 saturated carbocycles. The highest BCUT2D eigenvalue weighted by Gasteiger charge is 2.08. The zero-order chi connectivity index (χ0) is 11.4. The van der Waals surface area contributed by atoms with Crippen molar-refractivity contribution < 1.29 is 4.39 Å². The molecule has 1 aromatic rings. The number of rotatable bonds is 4. The molecule has 0 radical (unpaired) electrons. The summed E-state index contributed by atoms with van der Waals surface area (Å²) in [4.78, 5) is 0. The van der Waals surface area contributed by atoms with Crippen molar-refractivity contribution in [3.63, 3.8) is 0 Å². The Labute approximate surface area is 95.6 Å². The van der Waals surface area contributed by atoms with Crippen molar-refractivity contribution in [2.24, 2.45) is 5.92 Å². The number of halogens is 2. The van der Waals surface area contributed by atoms with E-state index in [0.717, 1.165) is 12.1 Å². The molecule has 1 nitrogen and oxygen atoms in total. The van der Waals surface area contributed by atoms with Gasteiger partial charge in [0.2, 0.25) is 0 Å². The molecule has 0 heterocycles. The second-order valence-electron chi connectivity index (χ2n) is 4.20. The summed E-state index contributed by atoms with van der Waals surface area (Å²) < 4.78 is 13.2. The Hall–Kier alpha value is -0.600. The van der Waals surface area contributed by atoms with Crippen molar-refractivity contribution in [2.75, 3.05) is 6.54 Å². The third kappa shape index (κ3) is 3.80. The van der Waals surface area contributed by atoms with Crippen LogP contribution in [0.2, 0.25) is 5.02 Å². The van der Waals surface area contributed by atoms with Crippen LogP contribution in [0.4, 0.5) is 4.39 Å². The van der Waals surface area contributed by atoms with Gasteiger partial charge in [0.25, 0.3) is 0 Å². The first-order chi connectivity index (χ1) is 7.00. The van der Waals surface area contributed by atoms with Crippen LogP contribution in [-0.2, 0) is 0 Å². The van der Waals surface area contributed by atoms with Crippen LogP contribution in [0.15, 0.2) is 18.2 Å². The predicted molar refractivity (Wildman–Crippen MR) is 62.7 cm³/mol. The lowest BCUT2D eigenvalue weighted by molar-refractivity contribution is 0.494. The summed E-state index contributed by atoms with van der Waals surface area (Å²) in [6.45, 7) is 7.22. The van der Waals surface area contributed by atoms with Crippen LogP contribution >= 0.6 is 11.6 Å². The topological polar surface area (TPSA) is 12.0 Å². The van der Waals surface area contributed by atoms with E-state index in [-0.39, 0.29) is 16.9 Å². The first-order valence-electron chi connectivity index (χ1n) is 5.19. The van der Waals surface area contributed by atoms with Crippen LogP contribution < -0.4 is 5.32 Å². The quantitative estimate of drug-likeness (QED) is 0.829. The van der Waals surface area contributed by atoms with Gasteiger partial charge in [-0.05, 0) is 37.1 Å². The Morgan fingerprint density at radius 1 is 1.33 bits per heavy atom. The maximum atomic E-state index is 13.2. The Kier molecular flexibility index (Phi) is 4.55. The first-order valence-corrected chi connectivity index (χ1v) is 5.57. The summed E-state index contributed by atoms with van der Waals surface area (Å²) in [6.07, 6.45) is 0. The highest BCUT2D eigenvalue weighted by molar-refractivity contribution is 6.30. The van der Waals surface area contributed by atoms with E-state index in [2.05, 4.69) is 19.2 Å². The zero-order valence-electron chi connectivity index (χ0n) is 9.35. The molecule has 0 fully saturated rings. The van der Waals surface area contributed by atoms with Gasteiger partial charge in [0.15, 0.2) is 0 Å². The Balaban J connectivity index is 2.65. The maximum Gasteiger partial charge on any atom is 0.142 e. The van der Waals surface area contributed by atoms with E-state index < -0.39 is 0 Å². The third-order valence-corrected chi connectivity index (χ3v) is 2.58. The van der Waals surface area contributed by atoms with Crippen molar-refractivity contribution in [1.82, 2.24) is 5.32 Å². The van der Waals surface area contributed by atoms with Crippen molar-refractivity contribution >= 4 is 11.6 Å². The molecule has 0 spiro atoms. The smallest absolute Gasteiger partial charge is 0.142 e. The van der Waals surface area contributed by atoms with Crippen molar-refractivity contribution in [3.05, 3.63) is 34.6 Å². The number of benzene rings is 1. The van der Waals surface area contributed by atoms with E-state index in [1.165, 1.54) is 6.07 Å². The zero-order valence-corrected chi connectivity index (χ0v) is 10.1. The minimum atomic E-state index is -0.354. The average Bonchev–Trinajstić information content (AvgIpc) is 2.18. The molecule has 1 unspecified atom stereocenters. The summed E-state index contributed by atoms with van der Waals surface area (Å²) in [5.41, 5.74) is 0.928. The minimum Gasteiger partial charge on any atom is -0.310 e. The van der Waals surface area contributed by atoms with Gasteiger partial charge in [0.05, 0.1) is 5.02 Å². The molecule has 1 aromatic carbocycles. The molecule has 0 aromatic heterocycles. The lowest BCUT2D eigenvalue weighted by Gasteiger charge is -2.16. The molecule has 15 heavy (non-hydrogen) atoms. The van der Waals surface area contributed by atoms with Gasteiger partial charge in [-0.15, -0.1) is 0 Å². The molecule has 1 N–H and O–H groups in total. The predicted octanol–water partition coefficient (Wildman–Crippen LogP) is 3.79. The van der Waals surface area contributed by atoms with Crippen LogP contribution in [0.25, 0.3) is 0 Å². The number of hydrogen-bond acceptors (Lipinski definition) is 1. The van der Waals surface area contributed by atoms with E-state index >= 15 is 0 Å². The largest absolute Gasteiger partial charge is 0.310 e. The molecule has 0 amide bonds. The molecule has 3 heteroatoms. The molecular weight excluding hydrogens is 213 g/mol. The molecule has 0 aliphatic heterocycles. The summed E-state index contributed by atoms with van der Waals surface area (Å²) in [5, 5.41) is 3.51. The lowest BCUT2D eigenvalue weighted by Crippen LogP contribution is -2.23. The van der Waals surface area contributed by atoms with Crippen molar-refractivity contribution in [2.45, 2.75) is 26.8 Å². The summed E-state index contributed by atoms with van der Waals surface area (Å²) in [6, 6.07) is 5.09. The van der Waals surface area contributed by atoms with Gasteiger partial charge in [-0.2, -0.15) is 0 Å². The summed E-state index contributed by atoms with van der Waals surface area (Å²) in [7, 11) is 0. The van der Waals surface area contributed by atoms with E-state index in [9.17, 15) is 4.39 Å². The van der Waals surface area contributed by atoms with Gasteiger partial charge in [-0.3, -0.25) is 0 Å². The summed E-state index contributed by atoms with van der Waals surface area (Å²) >= 11 is 5.62. The summed E-state index contributed by atoms with van der Waals surface area (Å²) in [5.74, 6) is 0.233. The van der Waals surface area contributed by atoms with E-state index in [1.807, 2.05) is 13.0 Å². The molecule has 84 valence electrons. The number of nitrogens with one attached hydrogen (secondary N) is 1. The van der Waals surface area contributed by atoms with E-state index in [4.69, 9.17) is 11.6 Å². The Morgan fingerprint density at radius 2 is 2.00 bits per heavy atom. The minimum absolute atomic E-state index is 0.152. The van der Waals surface area contributed by atoms with E-state index in [0.29, 0.717) is 5.92 Å². The standard InChI is InChI=1S/C12H17ClFN/c1-8(2)7-15-9(3)10-4-5-11(13)12(14)6-10/h4-6,8-9,15H,7H2,1-3H3. The fourth-order valence-corrected chi connectivity index (χ4v) is 1.43. The first kappa shape index (κ1) is 12.5.